The van der Waals surface area contributed by atoms with Gasteiger partial charge in [-0.15, -0.1) is 20.4 Å². The maximum absolute atomic E-state index is 12.2. The number of hydrogen-bond acceptors (Lipinski definition) is 30. The van der Waals surface area contributed by atoms with E-state index in [1.807, 2.05) is 76.5 Å². The molecule has 0 radical (unpaired) electrons. The van der Waals surface area contributed by atoms with Crippen LogP contribution in [0.3, 0.4) is 0 Å². The van der Waals surface area contributed by atoms with Crippen LogP contribution < -0.4 is 55.3 Å². The Morgan fingerprint density at radius 2 is 0.948 bits per heavy atom. The molecule has 4 bridgehead atoms. The summed E-state index contributed by atoms with van der Waals surface area (Å²) in [5, 5.41) is 48.9. The van der Waals surface area contributed by atoms with Crippen molar-refractivity contribution in [2.45, 2.75) is 204 Å². The van der Waals surface area contributed by atoms with Crippen LogP contribution >= 0.6 is 0 Å². The van der Waals surface area contributed by atoms with Crippen molar-refractivity contribution in [2.24, 2.45) is 11.8 Å². The van der Waals surface area contributed by atoms with Crippen molar-refractivity contribution in [2.75, 3.05) is 117 Å². The maximum atomic E-state index is 12.2. The predicted octanol–water partition coefficient (Wildman–Crippen LogP) is 11.6. The Morgan fingerprint density at radius 3 is 1.37 bits per heavy atom. The molecule has 6 atom stereocenters. The smallest absolute Gasteiger partial charge is 0.316 e. The van der Waals surface area contributed by atoms with Crippen molar-refractivity contribution in [1.29, 1.82) is 0 Å². The zero-order valence-corrected chi connectivity index (χ0v) is 67.1. The Balaban J connectivity index is 0.000000162. The lowest BCUT2D eigenvalue weighted by molar-refractivity contribution is -0.145. The van der Waals surface area contributed by atoms with E-state index in [1.54, 1.807) is 36.4 Å². The van der Waals surface area contributed by atoms with E-state index in [2.05, 4.69) is 102 Å². The van der Waals surface area contributed by atoms with Crippen LogP contribution in [0.25, 0.3) is 22.5 Å². The first kappa shape index (κ1) is 81.3. The van der Waals surface area contributed by atoms with E-state index in [9.17, 15) is 19.8 Å². The SMILES string of the molecule is CCCCOc1cc(C(C(=O)OC)C(C)C)on1.COC(=O)C(c1cc(OCCCN2CCC(OC3CC(Oc4cc(N5C6CCC5CN(c5cc(-c7ccccc7O)nnc5N)C6)ccn4)C3)CC2)no1)C(C)C.Nc1nnc(-c2ccccc2O)cc1N1CC2CCC(C1)N2c1ccnc(OC2CC(OC3CCNCC3)C2)c1. The number of piperidine rings is 2. The molecule has 2 aliphatic carbocycles. The van der Waals surface area contributed by atoms with Crippen molar-refractivity contribution in [3.05, 3.63) is 121 Å². The number of pyridine rings is 2. The highest BCUT2D eigenvalue weighted by molar-refractivity contribution is 5.79. The van der Waals surface area contributed by atoms with Crippen LogP contribution in [0.4, 0.5) is 34.4 Å². The normalized spacial score (nSPS) is 22.6. The van der Waals surface area contributed by atoms with E-state index in [0.29, 0.717) is 119 Å². The van der Waals surface area contributed by atoms with Gasteiger partial charge in [0, 0.05) is 155 Å². The number of nitrogens with two attached hydrogens (primary N) is 2. The van der Waals surface area contributed by atoms with E-state index in [0.717, 1.165) is 178 Å². The van der Waals surface area contributed by atoms with E-state index < -0.39 is 11.8 Å². The number of nitrogen functional groups attached to an aromatic ring is 2. The summed E-state index contributed by atoms with van der Waals surface area (Å²) in [6.07, 6.45) is 20.3. The fourth-order valence-electron chi connectivity index (χ4n) is 17.2. The summed E-state index contributed by atoms with van der Waals surface area (Å²) < 4.78 is 56.9. The van der Waals surface area contributed by atoms with Gasteiger partial charge in [0.05, 0.1) is 74.6 Å². The predicted molar refractivity (Wildman–Crippen MR) is 434 cm³/mol. The fourth-order valence-corrected chi connectivity index (χ4v) is 17.2. The average Bonchev–Trinajstić information content (AvgIpc) is 1.69. The molecule has 6 unspecified atom stereocenters. The average molecular weight is 1580 g/mol. The molecule has 30 heteroatoms. The van der Waals surface area contributed by atoms with Crippen molar-refractivity contribution < 1.29 is 66.7 Å². The number of fused-ring (bicyclic) bond motifs is 4. The maximum Gasteiger partial charge on any atom is 0.316 e. The van der Waals surface area contributed by atoms with Crippen LogP contribution in [0.1, 0.15) is 154 Å². The topological polar surface area (TPSA) is 358 Å². The Kier molecular flexibility index (Phi) is 26.8. The number of rotatable bonds is 29. The molecular formula is C85H112N16O14. The van der Waals surface area contributed by atoms with Gasteiger partial charge in [-0.05, 0) is 148 Å². The number of nitrogens with one attached hydrogen (secondary N) is 1. The molecule has 2 aromatic carbocycles. The molecule has 8 fully saturated rings. The molecule has 616 valence electrons. The second kappa shape index (κ2) is 38.0. The minimum atomic E-state index is -0.502. The van der Waals surface area contributed by atoms with Crippen LogP contribution in [0.2, 0.25) is 0 Å². The Bertz CT molecular complexity index is 4460. The minimum absolute atomic E-state index is 0.0214. The number of nitrogens with zero attached hydrogens (tertiary/aromatic N) is 13. The highest BCUT2D eigenvalue weighted by atomic mass is 16.6. The number of piperazine rings is 2. The number of phenols is 2. The molecule has 7 N–H and O–H groups in total. The summed E-state index contributed by atoms with van der Waals surface area (Å²) in [6.45, 7) is 19.3. The van der Waals surface area contributed by atoms with E-state index in [1.165, 1.54) is 14.2 Å². The molecule has 12 heterocycles. The monoisotopic (exact) mass is 1580 g/mol. The summed E-state index contributed by atoms with van der Waals surface area (Å²) in [5.74, 6) is 2.79. The van der Waals surface area contributed by atoms with Crippen LogP contribution in [0.5, 0.6) is 35.0 Å². The highest BCUT2D eigenvalue weighted by Crippen LogP contribution is 2.44. The number of aromatic hydroxyl groups is 2. The van der Waals surface area contributed by atoms with Crippen LogP contribution in [-0.2, 0) is 28.5 Å². The number of benzene rings is 2. The number of anilines is 6. The number of para-hydroxylation sites is 2. The number of aromatic nitrogens is 8. The number of ether oxygens (including phenoxy) is 8. The third-order valence-corrected chi connectivity index (χ3v) is 23.4. The molecule has 8 aromatic rings. The Labute approximate surface area is 672 Å². The molecule has 16 rings (SSSR count). The summed E-state index contributed by atoms with van der Waals surface area (Å²) in [4.78, 5) is 45.1. The second-order valence-corrected chi connectivity index (χ2v) is 32.1. The number of carbonyl (C=O) groups excluding carboxylic acids is 2. The number of unbranched alkanes of at least 4 members (excludes halogenated alkanes) is 1. The fraction of sp³-hybridized carbons (Fsp3) is 0.553. The van der Waals surface area contributed by atoms with E-state index in [-0.39, 0.29) is 59.7 Å². The van der Waals surface area contributed by atoms with E-state index >= 15 is 0 Å². The van der Waals surface area contributed by atoms with Gasteiger partial charge in [0.25, 0.3) is 11.8 Å². The molecule has 30 nitrogen and oxygen atoms in total. The van der Waals surface area contributed by atoms with Crippen molar-refractivity contribution in [3.8, 4) is 57.5 Å². The lowest BCUT2D eigenvalue weighted by atomic mass is 9.91. The quantitative estimate of drug-likeness (QED) is 0.0215. The van der Waals surface area contributed by atoms with Gasteiger partial charge in [-0.3, -0.25) is 9.59 Å². The van der Waals surface area contributed by atoms with E-state index in [4.69, 9.17) is 58.4 Å². The standard InChI is InChI=1S/C42H54N8O7.C30H37N7O3.C13H21NO4/c1-26(2)40(42(52)53-3)37-23-39(47-57-37)54-18-6-15-48-16-12-30(13-17-48)55-31-20-32(21-31)56-38-19-27(11-14-44-38)50-28-9-10-29(50)25-49(24-28)35-22-34(45-46-41(35)43)33-7-4-5-8-36(33)51;31-30-27(16-26(34-35-30)25-3-1-2-4-28(25)38)36-17-20-5-6-21(18-36)37(20)19-7-12-33-29(13-19)40-24-14-23(15-24)39-22-8-10-32-11-9-22;1-5-6-7-17-11-8-10(18-14-11)12(9(2)3)13(15)16-4/h4-5,7-8,11,14,19,22-23,26,28-32,40,51H,6,9-10,12-13,15-18,20-21,24-25H2,1-3H3,(H2,43,46);1-4,7,12-13,16,20-24,32,38H,5-6,8-11,14-15,17-18H2,(H2,31,35);8-9,12H,5-7H2,1-4H3. The molecule has 6 aromatic heterocycles. The second-order valence-electron chi connectivity index (χ2n) is 32.1. The summed E-state index contributed by atoms with van der Waals surface area (Å²) in [6, 6.07) is 31.3. The van der Waals surface area contributed by atoms with Crippen molar-refractivity contribution in [1.82, 2.24) is 50.9 Å². The molecular weight excluding hydrogens is 1470 g/mol. The first-order valence-corrected chi connectivity index (χ1v) is 41.2. The largest absolute Gasteiger partial charge is 0.507 e. The zero-order chi connectivity index (χ0) is 80.1. The van der Waals surface area contributed by atoms with Crippen molar-refractivity contribution >= 4 is 46.3 Å². The van der Waals surface area contributed by atoms with Crippen LogP contribution in [0.15, 0.2) is 119 Å². The summed E-state index contributed by atoms with van der Waals surface area (Å²) >= 11 is 0. The summed E-state index contributed by atoms with van der Waals surface area (Å²) in [5.41, 5.74) is 19.2. The lowest BCUT2D eigenvalue weighted by Crippen LogP contribution is -2.54. The molecule has 115 heavy (non-hydrogen) atoms. The zero-order valence-electron chi connectivity index (χ0n) is 67.1. The summed E-state index contributed by atoms with van der Waals surface area (Å²) in [7, 11) is 2.75. The number of methoxy groups -OCH3 is 2. The Morgan fingerprint density at radius 1 is 0.522 bits per heavy atom. The molecule has 2 saturated carbocycles. The number of esters is 2. The van der Waals surface area contributed by atoms with Gasteiger partial charge in [-0.25, -0.2) is 9.97 Å². The van der Waals surface area contributed by atoms with Gasteiger partial charge >= 0.3 is 11.9 Å². The molecule has 0 spiro atoms. The van der Waals surface area contributed by atoms with Gasteiger partial charge in [0.2, 0.25) is 11.8 Å². The van der Waals surface area contributed by atoms with Crippen molar-refractivity contribution in [3.63, 3.8) is 0 Å². The molecule has 8 aliphatic rings. The Hall–Kier alpha value is -10.3. The van der Waals surface area contributed by atoms with Gasteiger partial charge < -0.3 is 98.4 Å². The third kappa shape index (κ3) is 20.0. The number of phenolic OH excluding ortho intramolecular Hbond substituents is 2. The highest BCUT2D eigenvalue weighted by Gasteiger charge is 2.44. The number of carbonyl (C=O) groups is 2. The molecule has 6 aliphatic heterocycles. The minimum Gasteiger partial charge on any atom is -0.507 e. The molecule has 6 saturated heterocycles. The number of likely N-dealkylation sites (tertiary alicyclic amines) is 1. The van der Waals surface area contributed by atoms with Crippen LogP contribution in [0, 0.1) is 11.8 Å². The van der Waals surface area contributed by atoms with Gasteiger partial charge in [-0.2, -0.15) is 0 Å². The molecule has 0 amide bonds. The van der Waals surface area contributed by atoms with Gasteiger partial charge in [0.1, 0.15) is 35.5 Å². The third-order valence-electron chi connectivity index (χ3n) is 23.4. The van der Waals surface area contributed by atoms with Crippen LogP contribution in [-0.4, -0.2) is 215 Å². The van der Waals surface area contributed by atoms with Gasteiger partial charge in [0.15, 0.2) is 23.2 Å². The number of hydrogen-bond donors (Lipinski definition) is 5. The first-order chi connectivity index (χ1) is 55.9. The first-order valence-electron chi connectivity index (χ1n) is 41.2. The lowest BCUT2D eigenvalue weighted by Gasteiger charge is -2.43. The van der Waals surface area contributed by atoms with Gasteiger partial charge in [-0.1, -0.05) is 65.3 Å².